The second-order valence-electron chi connectivity index (χ2n) is 4.13. The van der Waals surface area contributed by atoms with Crippen LogP contribution in [0.15, 0.2) is 18.2 Å². The largest absolute Gasteiger partial charge is 0.493 e. The van der Waals surface area contributed by atoms with Gasteiger partial charge in [0.25, 0.3) is 0 Å². The first-order valence-corrected chi connectivity index (χ1v) is 5.76. The van der Waals surface area contributed by atoms with Gasteiger partial charge in [-0.15, -0.1) is 12.3 Å². The molecule has 0 amide bonds. The van der Waals surface area contributed by atoms with E-state index in [2.05, 4.69) is 12.0 Å². The number of unbranched alkanes of at least 4 members (excludes halogenated alkanes) is 1. The molecule has 0 spiro atoms. The van der Waals surface area contributed by atoms with Crippen molar-refractivity contribution < 1.29 is 4.74 Å². The van der Waals surface area contributed by atoms with Gasteiger partial charge < -0.3 is 10.5 Å². The lowest BCUT2D eigenvalue weighted by Gasteiger charge is -2.10. The molecule has 2 rings (SSSR count). The van der Waals surface area contributed by atoms with Crippen LogP contribution in [0, 0.1) is 12.3 Å². The highest BCUT2D eigenvalue weighted by molar-refractivity contribution is 5.44. The summed E-state index contributed by atoms with van der Waals surface area (Å²) in [5, 5.41) is 0. The van der Waals surface area contributed by atoms with E-state index in [-0.39, 0.29) is 6.04 Å². The van der Waals surface area contributed by atoms with E-state index >= 15 is 0 Å². The Morgan fingerprint density at radius 1 is 1.50 bits per heavy atom. The van der Waals surface area contributed by atoms with Crippen molar-refractivity contribution in [3.63, 3.8) is 0 Å². The monoisotopic (exact) mass is 215 g/mol. The Morgan fingerprint density at radius 2 is 2.38 bits per heavy atom. The van der Waals surface area contributed by atoms with Crippen LogP contribution in [0.2, 0.25) is 0 Å². The lowest BCUT2D eigenvalue weighted by Crippen LogP contribution is -2.05. The third kappa shape index (κ3) is 2.20. The summed E-state index contributed by atoms with van der Waals surface area (Å²) in [7, 11) is 0. The summed E-state index contributed by atoms with van der Waals surface area (Å²) < 4.78 is 5.75. The lowest BCUT2D eigenvalue weighted by molar-refractivity contribution is 0.310. The predicted octanol–water partition coefficient (Wildman–Crippen LogP) is 2.42. The molecule has 1 atom stereocenters. The van der Waals surface area contributed by atoms with Crippen molar-refractivity contribution in [2.45, 2.75) is 31.7 Å². The first-order chi connectivity index (χ1) is 7.83. The van der Waals surface area contributed by atoms with E-state index in [1.807, 2.05) is 12.1 Å². The molecule has 0 saturated heterocycles. The van der Waals surface area contributed by atoms with Gasteiger partial charge in [-0.3, -0.25) is 0 Å². The molecular weight excluding hydrogens is 198 g/mol. The first-order valence-electron chi connectivity index (χ1n) is 5.76. The molecule has 2 heteroatoms. The molecule has 0 radical (unpaired) electrons. The zero-order chi connectivity index (χ0) is 11.4. The number of hydrogen-bond donors (Lipinski definition) is 1. The number of fused-ring (bicyclic) bond motifs is 1. The Kier molecular flexibility index (Phi) is 3.48. The Balaban J connectivity index is 2.03. The van der Waals surface area contributed by atoms with Crippen LogP contribution >= 0.6 is 0 Å². The minimum absolute atomic E-state index is 0.184. The van der Waals surface area contributed by atoms with Crippen molar-refractivity contribution in [3.8, 4) is 18.1 Å². The van der Waals surface area contributed by atoms with Gasteiger partial charge in [-0.05, 0) is 36.5 Å². The molecule has 0 aromatic heterocycles. The van der Waals surface area contributed by atoms with Crippen LogP contribution in [0.3, 0.4) is 0 Å². The zero-order valence-electron chi connectivity index (χ0n) is 9.41. The average molecular weight is 215 g/mol. The molecule has 84 valence electrons. The van der Waals surface area contributed by atoms with Gasteiger partial charge in [0.2, 0.25) is 0 Å². The highest BCUT2D eigenvalue weighted by atomic mass is 16.5. The lowest BCUT2D eigenvalue weighted by atomic mass is 10.1. The summed E-state index contributed by atoms with van der Waals surface area (Å²) in [4.78, 5) is 0. The maximum Gasteiger partial charge on any atom is 0.122 e. The van der Waals surface area contributed by atoms with E-state index in [1.165, 1.54) is 11.1 Å². The van der Waals surface area contributed by atoms with Crippen LogP contribution in [0.25, 0.3) is 0 Å². The third-order valence-corrected chi connectivity index (χ3v) is 3.00. The second kappa shape index (κ2) is 5.05. The summed E-state index contributed by atoms with van der Waals surface area (Å²) in [6.07, 6.45) is 8.93. The van der Waals surface area contributed by atoms with Gasteiger partial charge in [0.15, 0.2) is 0 Å². The SMILES string of the molecule is C#CCCCOc1cccc2c1CCC2N. The quantitative estimate of drug-likeness (QED) is 0.618. The van der Waals surface area contributed by atoms with Gasteiger partial charge in [0.05, 0.1) is 6.61 Å². The molecule has 0 saturated carbocycles. The van der Waals surface area contributed by atoms with Gasteiger partial charge in [-0.2, -0.15) is 0 Å². The van der Waals surface area contributed by atoms with Crippen molar-refractivity contribution in [3.05, 3.63) is 29.3 Å². The molecule has 0 bridgehead atoms. The summed E-state index contributed by atoms with van der Waals surface area (Å²) in [6, 6.07) is 6.32. The van der Waals surface area contributed by atoms with Gasteiger partial charge in [0, 0.05) is 12.5 Å². The van der Waals surface area contributed by atoms with Crippen molar-refractivity contribution in [1.82, 2.24) is 0 Å². The minimum Gasteiger partial charge on any atom is -0.493 e. The smallest absolute Gasteiger partial charge is 0.122 e. The standard InChI is InChI=1S/C14H17NO/c1-2-3-4-10-16-14-7-5-6-11-12(14)8-9-13(11)15/h1,5-7,13H,3-4,8-10,15H2. The molecule has 2 nitrogen and oxygen atoms in total. The Labute approximate surface area is 96.8 Å². The maximum absolute atomic E-state index is 6.01. The van der Waals surface area contributed by atoms with Crippen LogP contribution in [-0.4, -0.2) is 6.61 Å². The normalized spacial score (nSPS) is 17.9. The van der Waals surface area contributed by atoms with Gasteiger partial charge in [0.1, 0.15) is 5.75 Å². The van der Waals surface area contributed by atoms with E-state index in [0.717, 1.165) is 31.4 Å². The number of terminal acetylenes is 1. The summed E-state index contributed by atoms with van der Waals surface area (Å²) in [5.74, 6) is 3.60. The molecule has 0 fully saturated rings. The third-order valence-electron chi connectivity index (χ3n) is 3.00. The van der Waals surface area contributed by atoms with E-state index in [1.54, 1.807) is 0 Å². The van der Waals surface area contributed by atoms with Crippen LogP contribution in [0.4, 0.5) is 0 Å². The molecule has 1 aromatic carbocycles. The van der Waals surface area contributed by atoms with Crippen LogP contribution < -0.4 is 10.5 Å². The van der Waals surface area contributed by atoms with E-state index in [4.69, 9.17) is 16.9 Å². The fourth-order valence-electron chi connectivity index (χ4n) is 2.14. The summed E-state index contributed by atoms with van der Waals surface area (Å²) in [5.41, 5.74) is 8.54. The Hall–Kier alpha value is -1.46. The number of benzene rings is 1. The number of hydrogen-bond acceptors (Lipinski definition) is 2. The maximum atomic E-state index is 6.01. The predicted molar refractivity (Wildman–Crippen MR) is 65.3 cm³/mol. The Morgan fingerprint density at radius 3 is 3.19 bits per heavy atom. The molecule has 2 N–H and O–H groups in total. The van der Waals surface area contributed by atoms with Crippen molar-refractivity contribution >= 4 is 0 Å². The number of ether oxygens (including phenoxy) is 1. The second-order valence-corrected chi connectivity index (χ2v) is 4.13. The number of rotatable bonds is 4. The van der Waals surface area contributed by atoms with Gasteiger partial charge in [-0.25, -0.2) is 0 Å². The fraction of sp³-hybridized carbons (Fsp3) is 0.429. The number of nitrogens with two attached hydrogens (primary N) is 1. The van der Waals surface area contributed by atoms with Gasteiger partial charge >= 0.3 is 0 Å². The molecular formula is C14H17NO. The molecule has 0 heterocycles. The zero-order valence-corrected chi connectivity index (χ0v) is 9.41. The van der Waals surface area contributed by atoms with E-state index in [0.29, 0.717) is 6.61 Å². The van der Waals surface area contributed by atoms with Crippen LogP contribution in [-0.2, 0) is 6.42 Å². The fourth-order valence-corrected chi connectivity index (χ4v) is 2.14. The van der Waals surface area contributed by atoms with Crippen molar-refractivity contribution in [1.29, 1.82) is 0 Å². The van der Waals surface area contributed by atoms with E-state index < -0.39 is 0 Å². The highest BCUT2D eigenvalue weighted by Crippen LogP contribution is 2.35. The topological polar surface area (TPSA) is 35.2 Å². The van der Waals surface area contributed by atoms with Crippen LogP contribution in [0.5, 0.6) is 5.75 Å². The summed E-state index contributed by atoms with van der Waals surface area (Å²) >= 11 is 0. The minimum atomic E-state index is 0.184. The molecule has 1 unspecified atom stereocenters. The molecule has 16 heavy (non-hydrogen) atoms. The van der Waals surface area contributed by atoms with Crippen molar-refractivity contribution in [2.24, 2.45) is 5.73 Å². The Bertz CT molecular complexity index is 406. The first kappa shape index (κ1) is 11.0. The molecule has 1 aliphatic rings. The van der Waals surface area contributed by atoms with E-state index in [9.17, 15) is 0 Å². The van der Waals surface area contributed by atoms with Crippen molar-refractivity contribution in [2.75, 3.05) is 6.61 Å². The molecule has 0 aliphatic heterocycles. The average Bonchev–Trinajstić information content (AvgIpc) is 2.68. The summed E-state index contributed by atoms with van der Waals surface area (Å²) in [6.45, 7) is 0.690. The molecule has 1 aromatic rings. The van der Waals surface area contributed by atoms with Crippen LogP contribution in [0.1, 0.15) is 36.4 Å². The van der Waals surface area contributed by atoms with Gasteiger partial charge in [-0.1, -0.05) is 12.1 Å². The highest BCUT2D eigenvalue weighted by Gasteiger charge is 2.21. The molecule has 1 aliphatic carbocycles.